The molecular weight excluding hydrogens is 241 g/mol. The Hall–Kier alpha value is 0.685. The van der Waals surface area contributed by atoms with E-state index in [0.717, 1.165) is 0 Å². The molecule has 0 radical (unpaired) electrons. The normalized spacial score (nSPS) is 27.2. The van der Waals surface area contributed by atoms with Crippen LogP contribution in [-0.4, -0.2) is 40.9 Å². The van der Waals surface area contributed by atoms with Crippen LogP contribution in [0.5, 0.6) is 0 Å². The van der Waals surface area contributed by atoms with Crippen LogP contribution in [-0.2, 0) is 27.3 Å². The van der Waals surface area contributed by atoms with Gasteiger partial charge in [0.05, 0.1) is 18.6 Å². The van der Waals surface area contributed by atoms with E-state index < -0.39 is 15.9 Å². The van der Waals surface area contributed by atoms with Gasteiger partial charge in [-0.3, -0.25) is 0 Å². The van der Waals surface area contributed by atoms with E-state index in [1.54, 1.807) is 0 Å². The van der Waals surface area contributed by atoms with Crippen molar-refractivity contribution < 1.29 is 27.3 Å². The highest BCUT2D eigenvalue weighted by molar-refractivity contribution is 7.47. The van der Waals surface area contributed by atoms with Crippen molar-refractivity contribution in [3.8, 4) is 0 Å². The van der Waals surface area contributed by atoms with Crippen molar-refractivity contribution in [3.05, 3.63) is 0 Å². The standard InChI is InChI=1S/C6H12BO6P2/c1-8-7-9-2-6(3-10-7)4-11-15(13-14)12-5-6/h14H,2-5H2,1H3/q-1. The summed E-state index contributed by atoms with van der Waals surface area (Å²) < 4.78 is 31.1. The van der Waals surface area contributed by atoms with Crippen molar-refractivity contribution in [1.29, 1.82) is 0 Å². The SMILES string of the molecule is COB1OCC2(CO1)COP(O[PH-])OC2. The molecule has 2 fully saturated rings. The van der Waals surface area contributed by atoms with E-state index in [1.165, 1.54) is 7.11 Å². The van der Waals surface area contributed by atoms with Crippen molar-refractivity contribution in [2.75, 3.05) is 33.5 Å². The van der Waals surface area contributed by atoms with Crippen LogP contribution in [0, 0.1) is 5.41 Å². The number of hydrogen-bond acceptors (Lipinski definition) is 6. The molecule has 0 N–H and O–H groups in total. The van der Waals surface area contributed by atoms with Crippen molar-refractivity contribution in [1.82, 2.24) is 0 Å². The Labute approximate surface area is 92.3 Å². The smallest absolute Gasteiger partial charge is 0.499 e. The molecule has 9 heteroatoms. The Morgan fingerprint density at radius 3 is 2.27 bits per heavy atom. The van der Waals surface area contributed by atoms with Gasteiger partial charge in [0.1, 0.15) is 0 Å². The highest BCUT2D eigenvalue weighted by Crippen LogP contribution is 2.49. The minimum atomic E-state index is -1.26. The van der Waals surface area contributed by atoms with Gasteiger partial charge in [0, 0.05) is 20.3 Å². The molecule has 0 aromatic heterocycles. The van der Waals surface area contributed by atoms with Crippen LogP contribution in [0.2, 0.25) is 0 Å². The first-order chi connectivity index (χ1) is 7.28. The zero-order valence-electron chi connectivity index (χ0n) is 8.30. The largest absolute Gasteiger partial charge is 0.639 e. The van der Waals surface area contributed by atoms with Gasteiger partial charge in [-0.25, -0.2) is 0 Å². The van der Waals surface area contributed by atoms with Gasteiger partial charge < -0.3 is 36.8 Å². The van der Waals surface area contributed by atoms with Gasteiger partial charge in [-0.1, -0.05) is 0 Å². The lowest BCUT2D eigenvalue weighted by molar-refractivity contribution is -0.0919. The van der Waals surface area contributed by atoms with Crippen LogP contribution in [0.1, 0.15) is 0 Å². The van der Waals surface area contributed by atoms with Gasteiger partial charge in [0.15, 0.2) is 0 Å². The third kappa shape index (κ3) is 2.87. The Balaban J connectivity index is 1.83. The molecule has 0 saturated carbocycles. The zero-order chi connectivity index (χ0) is 10.7. The first-order valence-corrected chi connectivity index (χ1v) is 5.94. The predicted octanol–water partition coefficient (Wildman–Crippen LogP) is 0.999. The zero-order valence-corrected chi connectivity index (χ0v) is 10.2. The molecule has 0 amide bonds. The Morgan fingerprint density at radius 1 is 1.20 bits per heavy atom. The molecule has 0 bridgehead atoms. The van der Waals surface area contributed by atoms with Crippen LogP contribution < -0.4 is 0 Å². The topological polar surface area (TPSA) is 55.4 Å². The second-order valence-corrected chi connectivity index (χ2v) is 5.20. The van der Waals surface area contributed by atoms with E-state index >= 15 is 0 Å². The molecule has 2 aliphatic rings. The van der Waals surface area contributed by atoms with Crippen LogP contribution in [0.3, 0.4) is 0 Å². The van der Waals surface area contributed by atoms with Crippen LogP contribution in [0.4, 0.5) is 0 Å². The highest BCUT2D eigenvalue weighted by Gasteiger charge is 2.44. The van der Waals surface area contributed by atoms with Gasteiger partial charge in [-0.2, -0.15) is 0 Å². The maximum absolute atomic E-state index is 5.36. The van der Waals surface area contributed by atoms with Gasteiger partial charge in [0.2, 0.25) is 0 Å². The molecule has 0 unspecified atom stereocenters. The second-order valence-electron chi connectivity index (χ2n) is 3.51. The van der Waals surface area contributed by atoms with E-state index in [2.05, 4.69) is 9.47 Å². The average Bonchev–Trinajstić information content (AvgIpc) is 2.31. The van der Waals surface area contributed by atoms with E-state index in [-0.39, 0.29) is 5.41 Å². The summed E-state index contributed by atoms with van der Waals surface area (Å²) in [6.07, 6.45) is 0. The van der Waals surface area contributed by atoms with Crippen molar-refractivity contribution in [3.63, 3.8) is 0 Å². The lowest BCUT2D eigenvalue weighted by atomic mass is 9.89. The summed E-state index contributed by atoms with van der Waals surface area (Å²) in [6.45, 7) is 1.99. The number of rotatable bonds is 2. The van der Waals surface area contributed by atoms with Crippen molar-refractivity contribution in [2.45, 2.75) is 0 Å². The fourth-order valence-corrected chi connectivity index (χ4v) is 2.65. The Bertz CT molecular complexity index is 178. The molecule has 15 heavy (non-hydrogen) atoms. The summed E-state index contributed by atoms with van der Waals surface area (Å²) in [5, 5.41) is 0. The molecule has 0 atom stereocenters. The third-order valence-corrected chi connectivity index (χ3v) is 3.55. The second kappa shape index (κ2) is 5.34. The molecule has 2 heterocycles. The number of hydrogen-bond donors (Lipinski definition) is 0. The fraction of sp³-hybridized carbons (Fsp3) is 1.00. The molecule has 86 valence electrons. The van der Waals surface area contributed by atoms with E-state index in [9.17, 15) is 0 Å². The maximum Gasteiger partial charge on any atom is 0.639 e. The molecule has 0 aromatic carbocycles. The molecule has 0 aromatic rings. The van der Waals surface area contributed by atoms with Crippen LogP contribution in [0.15, 0.2) is 0 Å². The van der Waals surface area contributed by atoms with E-state index in [1.807, 2.05) is 0 Å². The lowest BCUT2D eigenvalue weighted by Gasteiger charge is -2.42. The Morgan fingerprint density at radius 2 is 1.80 bits per heavy atom. The summed E-state index contributed by atoms with van der Waals surface area (Å²) in [6, 6.07) is 0. The average molecular weight is 253 g/mol. The molecule has 2 aliphatic heterocycles. The summed E-state index contributed by atoms with van der Waals surface area (Å²) in [5.74, 6) is 0. The lowest BCUT2D eigenvalue weighted by Crippen LogP contribution is -2.51. The molecule has 6 nitrogen and oxygen atoms in total. The molecule has 0 aliphatic carbocycles. The van der Waals surface area contributed by atoms with Gasteiger partial charge in [-0.15, -0.1) is 0 Å². The van der Waals surface area contributed by atoms with Crippen molar-refractivity contribution in [2.24, 2.45) is 5.41 Å². The first kappa shape index (κ1) is 12.2. The van der Waals surface area contributed by atoms with Gasteiger partial charge in [-0.05, 0) is 0 Å². The molecule has 2 rings (SSSR count). The van der Waals surface area contributed by atoms with Crippen LogP contribution in [0.25, 0.3) is 0 Å². The van der Waals surface area contributed by atoms with Gasteiger partial charge in [0.25, 0.3) is 8.60 Å². The minimum absolute atomic E-state index is 0.237. The molecular formula is C6H12BO6P2-. The Kier molecular flexibility index (Phi) is 4.33. The van der Waals surface area contributed by atoms with Crippen molar-refractivity contribution >= 4 is 25.4 Å². The maximum atomic E-state index is 5.36. The van der Waals surface area contributed by atoms with Gasteiger partial charge >= 0.3 is 7.32 Å². The highest BCUT2D eigenvalue weighted by atomic mass is 31.2. The molecule has 2 saturated heterocycles. The molecule has 1 spiro atoms. The third-order valence-electron chi connectivity index (χ3n) is 2.27. The quantitative estimate of drug-likeness (QED) is 0.540. The van der Waals surface area contributed by atoms with E-state index in [0.29, 0.717) is 26.4 Å². The monoisotopic (exact) mass is 253 g/mol. The summed E-state index contributed by atoms with van der Waals surface area (Å²) in [7, 11) is 2.58. The minimum Gasteiger partial charge on any atom is -0.499 e. The first-order valence-electron chi connectivity index (χ1n) is 4.44. The summed E-state index contributed by atoms with van der Waals surface area (Å²) in [5.41, 5.74) is -0.237. The predicted molar refractivity (Wildman–Crippen MR) is 55.3 cm³/mol. The summed E-state index contributed by atoms with van der Waals surface area (Å²) >= 11 is 0. The summed E-state index contributed by atoms with van der Waals surface area (Å²) in [4.78, 5) is 0. The van der Waals surface area contributed by atoms with Crippen LogP contribution >= 0.6 is 18.1 Å². The van der Waals surface area contributed by atoms with E-state index in [4.69, 9.17) is 27.3 Å². The fourth-order valence-electron chi connectivity index (χ4n) is 1.39.